The van der Waals surface area contributed by atoms with Crippen molar-refractivity contribution in [3.05, 3.63) is 65.4 Å². The molecule has 4 aromatic rings. The number of thiophene rings is 1. The second-order valence-electron chi connectivity index (χ2n) is 5.37. The van der Waals surface area contributed by atoms with Gasteiger partial charge in [-0.25, -0.2) is 0 Å². The maximum absolute atomic E-state index is 5.82. The summed E-state index contributed by atoms with van der Waals surface area (Å²) in [4.78, 5) is 3.45. The Morgan fingerprint density at radius 2 is 1.43 bits per heavy atom. The molecule has 4 rings (SSSR count). The van der Waals surface area contributed by atoms with Crippen molar-refractivity contribution in [2.75, 3.05) is 0 Å². The highest BCUT2D eigenvalue weighted by Crippen LogP contribution is 2.39. The summed E-state index contributed by atoms with van der Waals surface area (Å²) in [5.41, 5.74) is 1.19. The van der Waals surface area contributed by atoms with Gasteiger partial charge in [0.05, 0.1) is 0 Å². The molecule has 0 fully saturated rings. The number of furan rings is 2. The van der Waals surface area contributed by atoms with Gasteiger partial charge in [0.25, 0.3) is 9.75 Å². The van der Waals surface area contributed by atoms with Crippen LogP contribution in [0, 0.1) is 13.8 Å². The highest BCUT2D eigenvalue weighted by molar-refractivity contribution is 7.18. The molecule has 0 amide bonds. The molecule has 0 bridgehead atoms. The Morgan fingerprint density at radius 3 is 1.87 bits per heavy atom. The van der Waals surface area contributed by atoms with Crippen molar-refractivity contribution in [3.63, 3.8) is 0 Å². The van der Waals surface area contributed by atoms with Gasteiger partial charge >= 0.3 is 0 Å². The van der Waals surface area contributed by atoms with Crippen LogP contribution in [0.1, 0.15) is 11.5 Å². The van der Waals surface area contributed by atoms with Crippen molar-refractivity contribution in [3.8, 4) is 31.7 Å². The van der Waals surface area contributed by atoms with E-state index in [-0.39, 0.29) is 0 Å². The maximum atomic E-state index is 5.82. The van der Waals surface area contributed by atoms with Crippen molar-refractivity contribution >= 4 is 22.7 Å². The zero-order valence-corrected chi connectivity index (χ0v) is 14.5. The monoisotopic (exact) mass is 339 g/mol. The van der Waals surface area contributed by atoms with Crippen LogP contribution < -0.4 is 0 Å². The van der Waals surface area contributed by atoms with Gasteiger partial charge in [-0.2, -0.15) is 0 Å². The Bertz CT molecular complexity index is 887. The molecule has 0 aliphatic heterocycles. The van der Waals surface area contributed by atoms with E-state index >= 15 is 0 Å². The van der Waals surface area contributed by atoms with Crippen LogP contribution in [0.4, 0.5) is 0 Å². The fraction of sp³-hybridized carbons (Fsp3) is 0.105. The van der Waals surface area contributed by atoms with Crippen LogP contribution in [-0.2, 0) is 0 Å². The lowest BCUT2D eigenvalue weighted by Crippen LogP contribution is -1.79. The third-order valence-corrected chi connectivity index (χ3v) is 5.56. The molecular weight excluding hydrogens is 324 g/mol. The fourth-order valence-corrected chi connectivity index (χ4v) is 4.21. The molecule has 0 radical (unpaired) electrons. The van der Waals surface area contributed by atoms with Crippen molar-refractivity contribution in [1.29, 1.82) is 0 Å². The summed E-state index contributed by atoms with van der Waals surface area (Å²) in [6, 6.07) is 16.6. The molecule has 2 nitrogen and oxygen atoms in total. The van der Waals surface area contributed by atoms with Crippen LogP contribution in [0.3, 0.4) is 0 Å². The summed E-state index contributed by atoms with van der Waals surface area (Å²) < 4.78 is 11.6. The summed E-state index contributed by atoms with van der Waals surface area (Å²) in [5.74, 6) is 3.64. The van der Waals surface area contributed by atoms with E-state index in [4.69, 9.17) is 8.83 Å². The molecule has 4 aromatic heterocycles. The normalized spacial score (nSPS) is 11.0. The molecule has 0 saturated heterocycles. The number of hydrogen-bond donors (Lipinski definition) is 0. The minimum atomic E-state index is 0.899. The lowest BCUT2D eigenvalue weighted by Gasteiger charge is -1.97. The molecule has 23 heavy (non-hydrogen) atoms. The molecule has 0 spiro atoms. The van der Waals surface area contributed by atoms with Gasteiger partial charge < -0.3 is 8.83 Å². The largest absolute Gasteiger partial charge is 0.456 e. The molecule has 0 atom stereocenters. The predicted molar refractivity (Wildman–Crippen MR) is 96.9 cm³/mol. The lowest BCUT2D eigenvalue weighted by atomic mass is 10.2. The first-order valence-electron chi connectivity index (χ1n) is 7.35. The molecule has 0 aliphatic rings. The summed E-state index contributed by atoms with van der Waals surface area (Å²) in [6.07, 6.45) is 0. The van der Waals surface area contributed by atoms with Gasteiger partial charge in [-0.3, -0.25) is 0 Å². The minimum absolute atomic E-state index is 0.899. The first kappa shape index (κ1) is 14.4. The maximum Gasteiger partial charge on any atom is 0.274 e. The summed E-state index contributed by atoms with van der Waals surface area (Å²) in [6.45, 7) is 3.93. The molecule has 4 heteroatoms. The zero-order valence-electron chi connectivity index (χ0n) is 12.8. The Labute approximate surface area is 142 Å². The highest BCUT2D eigenvalue weighted by Gasteiger charge is 2.23. The average Bonchev–Trinajstić information content (AvgIpc) is 3.28. The smallest absolute Gasteiger partial charge is 0.274 e. The Morgan fingerprint density at radius 1 is 0.826 bits per heavy atom. The zero-order chi connectivity index (χ0) is 15.8. The topological polar surface area (TPSA) is 26.3 Å². The van der Waals surface area contributed by atoms with Gasteiger partial charge in [-0.15, -0.1) is 11.3 Å². The van der Waals surface area contributed by atoms with E-state index < -0.39 is 0 Å². The van der Waals surface area contributed by atoms with Gasteiger partial charge in [0, 0.05) is 22.6 Å². The number of aryl methyl sites for hydroxylation is 2. The van der Waals surface area contributed by atoms with Crippen LogP contribution in [0.15, 0.2) is 62.7 Å². The third kappa shape index (κ3) is 2.87. The van der Waals surface area contributed by atoms with Crippen molar-refractivity contribution in [2.24, 2.45) is 0 Å². The second kappa shape index (κ2) is 5.80. The summed E-state index contributed by atoms with van der Waals surface area (Å²) >= 11 is 3.42. The van der Waals surface area contributed by atoms with Crippen molar-refractivity contribution in [2.45, 2.75) is 13.8 Å². The molecule has 114 valence electrons. The Hall–Kier alpha value is -2.17. The molecule has 4 heterocycles. The van der Waals surface area contributed by atoms with E-state index in [2.05, 4.69) is 29.6 Å². The van der Waals surface area contributed by atoms with Crippen molar-refractivity contribution < 1.29 is 8.83 Å². The Kier molecular flexibility index (Phi) is 3.63. The molecule has 0 aliphatic carbocycles. The van der Waals surface area contributed by atoms with Crippen LogP contribution in [0.5, 0.6) is 0 Å². The van der Waals surface area contributed by atoms with Crippen LogP contribution in [-0.4, -0.2) is 0 Å². The van der Waals surface area contributed by atoms with E-state index in [1.807, 2.05) is 38.1 Å². The van der Waals surface area contributed by atoms with Gasteiger partial charge in [-0.05, 0) is 49.6 Å². The quantitative estimate of drug-likeness (QED) is 0.380. The molecule has 0 saturated carbocycles. The molecule has 0 aromatic carbocycles. The van der Waals surface area contributed by atoms with Gasteiger partial charge in [-0.1, -0.05) is 6.07 Å². The fourth-order valence-electron chi connectivity index (χ4n) is 2.46. The second-order valence-corrected chi connectivity index (χ2v) is 7.40. The van der Waals surface area contributed by atoms with E-state index in [9.17, 15) is 0 Å². The molecular formula is C19H15O2S2+. The van der Waals surface area contributed by atoms with Gasteiger partial charge in [0.2, 0.25) is 11.3 Å². The van der Waals surface area contributed by atoms with Gasteiger partial charge in [0.15, 0.2) is 11.5 Å². The average molecular weight is 339 g/mol. The number of rotatable bonds is 3. The standard InChI is InChI=1S/C19H15O2S2/c1-12-5-7-15(20-12)18-10-14(17-4-3-9-22-17)11-19(23-18)16-8-6-13(2)21-16/h3-11H,1-2H3/q+1. The highest BCUT2D eigenvalue weighted by atomic mass is 32.1. The number of hydrogen-bond acceptors (Lipinski definition) is 3. The third-order valence-electron chi connectivity index (χ3n) is 3.57. The molecule has 0 unspecified atom stereocenters. The summed E-state index contributed by atoms with van der Waals surface area (Å²) in [7, 11) is 0. The van der Waals surface area contributed by atoms with E-state index in [0.29, 0.717) is 0 Å². The summed E-state index contributed by atoms with van der Waals surface area (Å²) in [5, 5.41) is 2.10. The minimum Gasteiger partial charge on any atom is -0.456 e. The lowest BCUT2D eigenvalue weighted by molar-refractivity contribution is 0.549. The van der Waals surface area contributed by atoms with E-state index in [0.717, 1.165) is 32.8 Å². The van der Waals surface area contributed by atoms with E-state index in [1.54, 1.807) is 22.7 Å². The molecule has 0 N–H and O–H groups in total. The predicted octanol–water partition coefficient (Wildman–Crippen LogP) is 6.89. The first-order chi connectivity index (χ1) is 11.2. The SMILES string of the molecule is Cc1ccc(-c2cc(-c3cccs3)cc(-c3ccc(C)o3)[s+]2)o1. The van der Waals surface area contributed by atoms with Crippen LogP contribution in [0.25, 0.3) is 31.7 Å². The first-order valence-corrected chi connectivity index (χ1v) is 9.04. The van der Waals surface area contributed by atoms with E-state index in [1.165, 1.54) is 10.4 Å². The van der Waals surface area contributed by atoms with Crippen LogP contribution >= 0.6 is 22.7 Å². The Balaban J connectivity index is 1.90. The van der Waals surface area contributed by atoms with Crippen molar-refractivity contribution in [1.82, 2.24) is 0 Å². The van der Waals surface area contributed by atoms with Gasteiger partial charge in [0.1, 0.15) is 11.5 Å². The van der Waals surface area contributed by atoms with Crippen LogP contribution in [0.2, 0.25) is 0 Å².